The lowest BCUT2D eigenvalue weighted by Gasteiger charge is -2.26. The minimum atomic E-state index is 0.0899. The molecule has 0 spiro atoms. The number of carbonyl (C=O) groups excluding carboxylic acids is 1. The first-order valence-corrected chi connectivity index (χ1v) is 5.17. The van der Waals surface area contributed by atoms with Crippen molar-refractivity contribution in [2.24, 2.45) is 5.92 Å². The number of aryl methyl sites for hydroxylation is 1. The number of amides is 1. The van der Waals surface area contributed by atoms with Crippen molar-refractivity contribution in [3.05, 3.63) is 24.0 Å². The van der Waals surface area contributed by atoms with Gasteiger partial charge in [0, 0.05) is 24.0 Å². The molecule has 15 heavy (non-hydrogen) atoms. The second kappa shape index (κ2) is 4.40. The van der Waals surface area contributed by atoms with Crippen LogP contribution in [0.5, 0.6) is 0 Å². The van der Waals surface area contributed by atoms with Crippen molar-refractivity contribution in [1.82, 2.24) is 10.3 Å². The largest absolute Gasteiger partial charge is 0.326 e. The van der Waals surface area contributed by atoms with E-state index >= 15 is 0 Å². The highest BCUT2D eigenvalue weighted by Crippen LogP contribution is 2.12. The van der Waals surface area contributed by atoms with Gasteiger partial charge in [-0.3, -0.25) is 9.78 Å². The Kier molecular flexibility index (Phi) is 2.97. The molecule has 1 fully saturated rings. The zero-order chi connectivity index (χ0) is 10.7. The molecule has 1 aromatic rings. The summed E-state index contributed by atoms with van der Waals surface area (Å²) in [6.45, 7) is 3.83. The molecule has 2 heterocycles. The normalized spacial score (nSPS) is 15.8. The van der Waals surface area contributed by atoms with Gasteiger partial charge in [-0.05, 0) is 38.1 Å². The van der Waals surface area contributed by atoms with Crippen LogP contribution < -0.4 is 10.6 Å². The Labute approximate surface area is 89.1 Å². The Morgan fingerprint density at radius 1 is 1.67 bits per heavy atom. The van der Waals surface area contributed by atoms with E-state index in [1.54, 1.807) is 6.20 Å². The van der Waals surface area contributed by atoms with Crippen molar-refractivity contribution in [2.75, 3.05) is 18.4 Å². The third-order valence-electron chi connectivity index (χ3n) is 2.52. The average Bonchev–Trinajstić information content (AvgIpc) is 2.11. The van der Waals surface area contributed by atoms with Gasteiger partial charge in [-0.15, -0.1) is 0 Å². The van der Waals surface area contributed by atoms with Crippen LogP contribution in [0.1, 0.15) is 12.1 Å². The standard InChI is InChI=1S/C11H15N3O/c1-8-4-10(2-3-13-8)14-11(15)5-9-6-12-7-9/h2-4,9,12H,5-7H2,1H3,(H,13,14,15). The molecular weight excluding hydrogens is 190 g/mol. The van der Waals surface area contributed by atoms with Gasteiger partial charge in [0.15, 0.2) is 0 Å². The van der Waals surface area contributed by atoms with Crippen LogP contribution in [-0.4, -0.2) is 24.0 Å². The summed E-state index contributed by atoms with van der Waals surface area (Å²) in [6, 6.07) is 3.68. The summed E-state index contributed by atoms with van der Waals surface area (Å²) >= 11 is 0. The van der Waals surface area contributed by atoms with E-state index in [0.29, 0.717) is 12.3 Å². The number of nitrogens with zero attached hydrogens (tertiary/aromatic N) is 1. The van der Waals surface area contributed by atoms with Crippen LogP contribution in [-0.2, 0) is 4.79 Å². The zero-order valence-electron chi connectivity index (χ0n) is 8.79. The van der Waals surface area contributed by atoms with Crippen molar-refractivity contribution >= 4 is 11.6 Å². The van der Waals surface area contributed by atoms with Crippen molar-refractivity contribution in [3.63, 3.8) is 0 Å². The number of nitrogens with one attached hydrogen (secondary N) is 2. The smallest absolute Gasteiger partial charge is 0.224 e. The Hall–Kier alpha value is -1.42. The third kappa shape index (κ3) is 2.76. The van der Waals surface area contributed by atoms with Gasteiger partial charge in [0.05, 0.1) is 0 Å². The molecule has 2 N–H and O–H groups in total. The summed E-state index contributed by atoms with van der Waals surface area (Å²) in [5.41, 5.74) is 1.75. The fourth-order valence-electron chi connectivity index (χ4n) is 1.59. The molecule has 0 unspecified atom stereocenters. The SMILES string of the molecule is Cc1cc(NC(=O)CC2CNC2)ccn1. The van der Waals surface area contributed by atoms with E-state index in [-0.39, 0.29) is 5.91 Å². The van der Waals surface area contributed by atoms with E-state index in [1.165, 1.54) is 0 Å². The lowest BCUT2D eigenvalue weighted by molar-refractivity contribution is -0.117. The molecule has 1 saturated heterocycles. The third-order valence-corrected chi connectivity index (χ3v) is 2.52. The minimum absolute atomic E-state index is 0.0899. The summed E-state index contributed by atoms with van der Waals surface area (Å²) < 4.78 is 0. The molecule has 0 aromatic carbocycles. The Bertz CT molecular complexity index is 361. The van der Waals surface area contributed by atoms with Crippen LogP contribution >= 0.6 is 0 Å². The molecule has 1 amide bonds. The maximum Gasteiger partial charge on any atom is 0.224 e. The van der Waals surface area contributed by atoms with Gasteiger partial charge in [0.25, 0.3) is 0 Å². The summed E-state index contributed by atoms with van der Waals surface area (Å²) in [5.74, 6) is 0.597. The van der Waals surface area contributed by atoms with Crippen molar-refractivity contribution in [1.29, 1.82) is 0 Å². The first kappa shape index (κ1) is 10.1. The monoisotopic (exact) mass is 205 g/mol. The van der Waals surface area contributed by atoms with Crippen LogP contribution in [0.25, 0.3) is 0 Å². The number of carbonyl (C=O) groups is 1. The minimum Gasteiger partial charge on any atom is -0.326 e. The van der Waals surface area contributed by atoms with Crippen LogP contribution in [0, 0.1) is 12.8 Å². The predicted molar refractivity (Wildman–Crippen MR) is 58.6 cm³/mol. The van der Waals surface area contributed by atoms with Gasteiger partial charge >= 0.3 is 0 Å². The fraction of sp³-hybridized carbons (Fsp3) is 0.455. The van der Waals surface area contributed by atoms with E-state index in [4.69, 9.17) is 0 Å². The molecule has 1 aliphatic heterocycles. The van der Waals surface area contributed by atoms with Gasteiger partial charge in [0.1, 0.15) is 0 Å². The van der Waals surface area contributed by atoms with Crippen LogP contribution in [0.15, 0.2) is 18.3 Å². The quantitative estimate of drug-likeness (QED) is 0.772. The Morgan fingerprint density at radius 2 is 2.47 bits per heavy atom. The molecule has 2 rings (SSSR count). The second-order valence-corrected chi connectivity index (χ2v) is 3.96. The van der Waals surface area contributed by atoms with Gasteiger partial charge in [-0.1, -0.05) is 0 Å². The Balaban J connectivity index is 1.87. The maximum atomic E-state index is 11.6. The van der Waals surface area contributed by atoms with Crippen LogP contribution in [0.2, 0.25) is 0 Å². The van der Waals surface area contributed by atoms with Crippen LogP contribution in [0.4, 0.5) is 5.69 Å². The van der Waals surface area contributed by atoms with E-state index < -0.39 is 0 Å². The number of anilines is 1. The molecular formula is C11H15N3O. The Morgan fingerprint density at radius 3 is 3.07 bits per heavy atom. The summed E-state index contributed by atoms with van der Waals surface area (Å²) in [7, 11) is 0. The van der Waals surface area contributed by atoms with E-state index in [9.17, 15) is 4.79 Å². The van der Waals surface area contributed by atoms with Gasteiger partial charge in [0.2, 0.25) is 5.91 Å². The lowest BCUT2D eigenvalue weighted by Crippen LogP contribution is -2.43. The molecule has 0 atom stereocenters. The molecule has 80 valence electrons. The lowest BCUT2D eigenvalue weighted by atomic mass is 9.99. The van der Waals surface area contributed by atoms with Crippen molar-refractivity contribution in [2.45, 2.75) is 13.3 Å². The number of pyridine rings is 1. The zero-order valence-corrected chi connectivity index (χ0v) is 8.79. The summed E-state index contributed by atoms with van der Waals surface area (Å²) in [4.78, 5) is 15.6. The molecule has 0 radical (unpaired) electrons. The topological polar surface area (TPSA) is 54.0 Å². The number of hydrogen-bond donors (Lipinski definition) is 2. The van der Waals surface area contributed by atoms with Crippen molar-refractivity contribution < 1.29 is 4.79 Å². The van der Waals surface area contributed by atoms with Gasteiger partial charge in [-0.25, -0.2) is 0 Å². The second-order valence-electron chi connectivity index (χ2n) is 3.96. The molecule has 0 saturated carbocycles. The van der Waals surface area contributed by atoms with E-state index in [2.05, 4.69) is 15.6 Å². The van der Waals surface area contributed by atoms with Crippen molar-refractivity contribution in [3.8, 4) is 0 Å². The summed E-state index contributed by atoms with van der Waals surface area (Å²) in [5, 5.41) is 6.02. The fourth-order valence-corrected chi connectivity index (χ4v) is 1.59. The highest BCUT2D eigenvalue weighted by atomic mass is 16.1. The molecule has 0 bridgehead atoms. The maximum absolute atomic E-state index is 11.6. The molecule has 4 nitrogen and oxygen atoms in total. The molecule has 1 aromatic heterocycles. The molecule has 1 aliphatic rings. The highest BCUT2D eigenvalue weighted by molar-refractivity contribution is 5.90. The van der Waals surface area contributed by atoms with E-state index in [1.807, 2.05) is 19.1 Å². The van der Waals surface area contributed by atoms with Crippen LogP contribution in [0.3, 0.4) is 0 Å². The van der Waals surface area contributed by atoms with E-state index in [0.717, 1.165) is 24.5 Å². The first-order valence-electron chi connectivity index (χ1n) is 5.17. The molecule has 4 heteroatoms. The van der Waals surface area contributed by atoms with Gasteiger partial charge < -0.3 is 10.6 Å². The summed E-state index contributed by atoms with van der Waals surface area (Å²) in [6.07, 6.45) is 2.31. The number of aromatic nitrogens is 1. The molecule has 0 aliphatic carbocycles. The first-order chi connectivity index (χ1) is 7.24. The average molecular weight is 205 g/mol. The predicted octanol–water partition coefficient (Wildman–Crippen LogP) is 0.938. The number of hydrogen-bond acceptors (Lipinski definition) is 3. The van der Waals surface area contributed by atoms with Gasteiger partial charge in [-0.2, -0.15) is 0 Å². The highest BCUT2D eigenvalue weighted by Gasteiger charge is 2.19. The number of rotatable bonds is 3.